The maximum atomic E-state index is 12.6. The smallest absolute Gasteiger partial charge is 0.236 e. The third kappa shape index (κ3) is 1.41. The van der Waals surface area contributed by atoms with E-state index in [4.69, 9.17) is 9.47 Å². The van der Waals surface area contributed by atoms with Crippen LogP contribution in [0.2, 0.25) is 0 Å². The highest BCUT2D eigenvalue weighted by molar-refractivity contribution is 6.02. The SMILES string of the molecule is COC1(OC)C(=O)[C@@H]2C=C(C(C)=O)[C@H]1[C@H]1CC=C[C@H]12. The Morgan fingerprint density at radius 3 is 2.63 bits per heavy atom. The van der Waals surface area contributed by atoms with Gasteiger partial charge in [0.25, 0.3) is 0 Å². The van der Waals surface area contributed by atoms with Gasteiger partial charge in [-0.15, -0.1) is 0 Å². The molecule has 1 fully saturated rings. The number of hydrogen-bond donors (Lipinski definition) is 0. The molecule has 0 aromatic carbocycles. The zero-order valence-corrected chi connectivity index (χ0v) is 11.4. The van der Waals surface area contributed by atoms with E-state index in [-0.39, 0.29) is 35.2 Å². The van der Waals surface area contributed by atoms with Gasteiger partial charge in [0.05, 0.1) is 5.92 Å². The fourth-order valence-electron chi connectivity index (χ4n) is 4.07. The molecule has 2 bridgehead atoms. The Bertz CT molecular complexity index is 498. The van der Waals surface area contributed by atoms with Crippen molar-refractivity contribution in [1.82, 2.24) is 0 Å². The Hall–Kier alpha value is -1.26. The first-order valence-corrected chi connectivity index (χ1v) is 6.60. The molecule has 4 atom stereocenters. The number of Topliss-reactive ketones (excluding diaryl/α,β-unsaturated/α-hetero) is 2. The molecule has 1 saturated carbocycles. The zero-order valence-electron chi connectivity index (χ0n) is 11.4. The van der Waals surface area contributed by atoms with Crippen LogP contribution in [-0.4, -0.2) is 31.6 Å². The fourth-order valence-corrected chi connectivity index (χ4v) is 4.07. The van der Waals surface area contributed by atoms with Crippen LogP contribution in [-0.2, 0) is 19.1 Å². The summed E-state index contributed by atoms with van der Waals surface area (Å²) in [4.78, 5) is 24.5. The summed E-state index contributed by atoms with van der Waals surface area (Å²) in [6.07, 6.45) is 6.91. The van der Waals surface area contributed by atoms with Gasteiger partial charge in [-0.2, -0.15) is 0 Å². The van der Waals surface area contributed by atoms with Crippen molar-refractivity contribution in [2.75, 3.05) is 14.2 Å². The van der Waals surface area contributed by atoms with Crippen molar-refractivity contribution < 1.29 is 19.1 Å². The highest BCUT2D eigenvalue weighted by Gasteiger charge is 2.64. The van der Waals surface area contributed by atoms with E-state index in [0.717, 1.165) is 6.42 Å². The molecule has 0 aromatic rings. The van der Waals surface area contributed by atoms with E-state index in [1.807, 2.05) is 6.08 Å². The van der Waals surface area contributed by atoms with Gasteiger partial charge < -0.3 is 9.47 Å². The summed E-state index contributed by atoms with van der Waals surface area (Å²) in [5.41, 5.74) is 0.693. The molecule has 4 heteroatoms. The molecule has 0 N–H and O–H groups in total. The zero-order chi connectivity index (χ0) is 13.8. The Balaban J connectivity index is 2.17. The Morgan fingerprint density at radius 1 is 1.37 bits per heavy atom. The molecule has 0 aromatic heterocycles. The summed E-state index contributed by atoms with van der Waals surface area (Å²) in [6.45, 7) is 1.55. The number of rotatable bonds is 3. The minimum Gasteiger partial charge on any atom is -0.346 e. The lowest BCUT2D eigenvalue weighted by atomic mass is 9.56. The number of fused-ring (bicyclic) bond motifs is 1. The van der Waals surface area contributed by atoms with E-state index < -0.39 is 5.79 Å². The standard InChI is InChI=1S/C15H18O4/c1-8(16)11-7-12-9-5-4-6-10(9)13(11)15(18-2,19-3)14(12)17/h4-5,7,9-10,12-13H,6H2,1-3H3/t9-,10+,12-,13-/m1/s1. The van der Waals surface area contributed by atoms with E-state index >= 15 is 0 Å². The van der Waals surface area contributed by atoms with Gasteiger partial charge in [0.1, 0.15) is 0 Å². The summed E-state index contributed by atoms with van der Waals surface area (Å²) in [5.74, 6) is -1.50. The molecular formula is C15H18O4. The minimum atomic E-state index is -1.28. The molecular weight excluding hydrogens is 244 g/mol. The topological polar surface area (TPSA) is 52.6 Å². The second-order valence-corrected chi connectivity index (χ2v) is 5.53. The van der Waals surface area contributed by atoms with Crippen LogP contribution >= 0.6 is 0 Å². The van der Waals surface area contributed by atoms with Crippen molar-refractivity contribution in [1.29, 1.82) is 0 Å². The van der Waals surface area contributed by atoms with Gasteiger partial charge in [0.2, 0.25) is 5.79 Å². The summed E-state index contributed by atoms with van der Waals surface area (Å²) < 4.78 is 10.9. The lowest BCUT2D eigenvalue weighted by Crippen LogP contribution is -2.63. The molecule has 4 aliphatic carbocycles. The van der Waals surface area contributed by atoms with Gasteiger partial charge >= 0.3 is 0 Å². The molecule has 19 heavy (non-hydrogen) atoms. The maximum absolute atomic E-state index is 12.6. The van der Waals surface area contributed by atoms with Crippen molar-refractivity contribution in [2.24, 2.45) is 23.7 Å². The first-order chi connectivity index (χ1) is 9.06. The van der Waals surface area contributed by atoms with Gasteiger partial charge in [-0.1, -0.05) is 18.2 Å². The van der Waals surface area contributed by atoms with Gasteiger partial charge in [-0.3, -0.25) is 9.59 Å². The molecule has 0 aliphatic heterocycles. The number of carbonyl (C=O) groups is 2. The predicted octanol–water partition coefficient (Wildman–Crippen LogP) is 1.51. The summed E-state index contributed by atoms with van der Waals surface area (Å²) >= 11 is 0. The third-order valence-electron chi connectivity index (χ3n) is 4.87. The van der Waals surface area contributed by atoms with Crippen molar-refractivity contribution in [2.45, 2.75) is 19.1 Å². The minimum absolute atomic E-state index is 0.00586. The van der Waals surface area contributed by atoms with Crippen LogP contribution in [0.1, 0.15) is 13.3 Å². The summed E-state index contributed by atoms with van der Waals surface area (Å²) in [7, 11) is 2.97. The number of carbonyl (C=O) groups excluding carboxylic acids is 2. The average molecular weight is 262 g/mol. The van der Waals surface area contributed by atoms with Crippen LogP contribution in [0, 0.1) is 23.7 Å². The van der Waals surface area contributed by atoms with Crippen LogP contribution in [0.25, 0.3) is 0 Å². The number of allylic oxidation sites excluding steroid dienone is 3. The Kier molecular flexibility index (Phi) is 2.76. The largest absolute Gasteiger partial charge is 0.346 e. The Labute approximate surface area is 112 Å². The van der Waals surface area contributed by atoms with Gasteiger partial charge in [-0.25, -0.2) is 0 Å². The van der Waals surface area contributed by atoms with Crippen LogP contribution in [0.15, 0.2) is 23.8 Å². The molecule has 102 valence electrons. The monoisotopic (exact) mass is 262 g/mol. The lowest BCUT2D eigenvalue weighted by Gasteiger charge is -2.52. The summed E-state index contributed by atoms with van der Waals surface area (Å²) in [5, 5.41) is 0. The van der Waals surface area contributed by atoms with E-state index in [9.17, 15) is 9.59 Å². The normalized spacial score (nSPS) is 38.3. The van der Waals surface area contributed by atoms with E-state index in [1.165, 1.54) is 14.2 Å². The van der Waals surface area contributed by atoms with Gasteiger partial charge in [0.15, 0.2) is 11.6 Å². The van der Waals surface area contributed by atoms with E-state index in [0.29, 0.717) is 5.57 Å². The molecule has 4 aliphatic rings. The highest BCUT2D eigenvalue weighted by Crippen LogP contribution is 2.56. The molecule has 0 amide bonds. The van der Waals surface area contributed by atoms with Crippen molar-refractivity contribution >= 4 is 11.6 Å². The second-order valence-electron chi connectivity index (χ2n) is 5.53. The van der Waals surface area contributed by atoms with Gasteiger partial charge in [0, 0.05) is 25.7 Å². The average Bonchev–Trinajstić information content (AvgIpc) is 2.89. The number of hydrogen-bond acceptors (Lipinski definition) is 4. The van der Waals surface area contributed by atoms with Crippen LogP contribution in [0.5, 0.6) is 0 Å². The lowest BCUT2D eigenvalue weighted by molar-refractivity contribution is -0.249. The predicted molar refractivity (Wildman–Crippen MR) is 68.2 cm³/mol. The maximum Gasteiger partial charge on any atom is 0.236 e. The van der Waals surface area contributed by atoms with Crippen molar-refractivity contribution in [3.05, 3.63) is 23.8 Å². The van der Waals surface area contributed by atoms with Crippen LogP contribution < -0.4 is 0 Å². The highest BCUT2D eigenvalue weighted by atomic mass is 16.7. The summed E-state index contributed by atoms with van der Waals surface area (Å²) in [6, 6.07) is 0. The molecule has 0 saturated heterocycles. The van der Waals surface area contributed by atoms with Crippen LogP contribution in [0.3, 0.4) is 0 Å². The number of ether oxygens (including phenoxy) is 2. The first kappa shape index (κ1) is 12.8. The van der Waals surface area contributed by atoms with E-state index in [2.05, 4.69) is 12.2 Å². The molecule has 0 unspecified atom stereocenters. The van der Waals surface area contributed by atoms with Crippen molar-refractivity contribution in [3.8, 4) is 0 Å². The third-order valence-corrected chi connectivity index (χ3v) is 4.87. The quantitative estimate of drug-likeness (QED) is 0.571. The number of methoxy groups -OCH3 is 2. The fraction of sp³-hybridized carbons (Fsp3) is 0.600. The van der Waals surface area contributed by atoms with Gasteiger partial charge in [-0.05, 0) is 25.2 Å². The van der Waals surface area contributed by atoms with Crippen molar-refractivity contribution in [3.63, 3.8) is 0 Å². The van der Waals surface area contributed by atoms with Crippen LogP contribution in [0.4, 0.5) is 0 Å². The molecule has 0 spiro atoms. The first-order valence-electron chi connectivity index (χ1n) is 6.60. The molecule has 0 heterocycles. The number of ketones is 2. The second kappa shape index (κ2) is 4.12. The van der Waals surface area contributed by atoms with E-state index in [1.54, 1.807) is 6.92 Å². The Morgan fingerprint density at radius 2 is 2.05 bits per heavy atom. The molecule has 0 radical (unpaired) electrons. The molecule has 4 nitrogen and oxygen atoms in total. The molecule has 4 rings (SSSR count).